The van der Waals surface area contributed by atoms with Gasteiger partial charge in [-0.2, -0.15) is 0 Å². The minimum atomic E-state index is -0.0241. The Labute approximate surface area is 138 Å². The monoisotopic (exact) mass is 321 g/mol. The molecule has 2 atom stereocenters. The molecule has 0 aromatic heterocycles. The molecule has 0 radical (unpaired) electrons. The summed E-state index contributed by atoms with van der Waals surface area (Å²) in [6.45, 7) is 1.70. The van der Waals surface area contributed by atoms with Crippen molar-refractivity contribution in [3.05, 3.63) is 35.9 Å². The largest absolute Gasteiger partial charge is 0.379 e. The minimum Gasteiger partial charge on any atom is -0.379 e. The van der Waals surface area contributed by atoms with E-state index in [1.54, 1.807) is 19.1 Å². The summed E-state index contributed by atoms with van der Waals surface area (Å²) in [5.41, 5.74) is 1.14. The van der Waals surface area contributed by atoms with Crippen molar-refractivity contribution in [3.8, 4) is 0 Å². The van der Waals surface area contributed by atoms with Gasteiger partial charge in [0.25, 0.3) is 0 Å². The van der Waals surface area contributed by atoms with E-state index in [0.717, 1.165) is 18.4 Å². The molecule has 5 nitrogen and oxygen atoms in total. The smallest absolute Gasteiger partial charge is 0.225 e. The van der Waals surface area contributed by atoms with Crippen molar-refractivity contribution in [2.45, 2.75) is 31.7 Å². The average molecular weight is 321 g/mol. The van der Waals surface area contributed by atoms with Gasteiger partial charge in [0.05, 0.1) is 25.4 Å². The summed E-state index contributed by atoms with van der Waals surface area (Å²) in [6, 6.07) is 10.0. The van der Waals surface area contributed by atoms with E-state index in [9.17, 15) is 4.79 Å². The van der Waals surface area contributed by atoms with Crippen molar-refractivity contribution in [1.29, 1.82) is 0 Å². The molecule has 1 fully saturated rings. The van der Waals surface area contributed by atoms with Crippen molar-refractivity contribution < 1.29 is 19.0 Å². The number of benzene rings is 1. The molecule has 1 aliphatic carbocycles. The molecule has 0 N–H and O–H groups in total. The number of nitrogens with zero attached hydrogens (tertiary/aromatic N) is 1. The molecule has 0 spiro atoms. The fourth-order valence-electron chi connectivity index (χ4n) is 3.05. The lowest BCUT2D eigenvalue weighted by molar-refractivity contribution is -0.135. The zero-order valence-corrected chi connectivity index (χ0v) is 14.2. The first-order valence-corrected chi connectivity index (χ1v) is 8.08. The molecule has 1 aliphatic rings. The van der Waals surface area contributed by atoms with Gasteiger partial charge in [-0.05, 0) is 18.4 Å². The van der Waals surface area contributed by atoms with Gasteiger partial charge in [0.2, 0.25) is 5.91 Å². The van der Waals surface area contributed by atoms with Crippen LogP contribution in [0.2, 0.25) is 0 Å². The van der Waals surface area contributed by atoms with E-state index < -0.39 is 0 Å². The highest BCUT2D eigenvalue weighted by molar-refractivity contribution is 5.79. The predicted octanol–water partition coefficient (Wildman–Crippen LogP) is 2.10. The number of carbonyl (C=O) groups excluding carboxylic acids is 1. The molecule has 1 saturated carbocycles. The molecule has 0 aliphatic heterocycles. The van der Waals surface area contributed by atoms with Gasteiger partial charge in [-0.25, -0.2) is 0 Å². The van der Waals surface area contributed by atoms with Gasteiger partial charge in [-0.15, -0.1) is 0 Å². The Morgan fingerprint density at radius 3 is 2.30 bits per heavy atom. The van der Waals surface area contributed by atoms with Crippen LogP contribution >= 0.6 is 0 Å². The highest BCUT2D eigenvalue weighted by Crippen LogP contribution is 2.31. The van der Waals surface area contributed by atoms with Gasteiger partial charge >= 0.3 is 0 Å². The highest BCUT2D eigenvalue weighted by Gasteiger charge is 2.39. The number of carbonyl (C=O) groups is 1. The third kappa shape index (κ3) is 5.03. The maximum atomic E-state index is 12.5. The molecule has 1 aromatic rings. The first kappa shape index (κ1) is 17.9. The number of likely N-dealkylation sites (N-methyl/N-ethyl adjacent to an activating group) is 1. The van der Waals surface area contributed by atoms with E-state index in [4.69, 9.17) is 14.2 Å². The second kappa shape index (κ2) is 9.01. The van der Waals surface area contributed by atoms with E-state index in [1.807, 2.05) is 37.4 Å². The van der Waals surface area contributed by atoms with Crippen LogP contribution in [0.1, 0.15) is 18.4 Å². The predicted molar refractivity (Wildman–Crippen MR) is 88.1 cm³/mol. The van der Waals surface area contributed by atoms with Crippen molar-refractivity contribution in [2.24, 2.45) is 5.92 Å². The summed E-state index contributed by atoms with van der Waals surface area (Å²) in [5.74, 6) is 0.124. The van der Waals surface area contributed by atoms with Gasteiger partial charge in [0.15, 0.2) is 0 Å². The summed E-state index contributed by atoms with van der Waals surface area (Å²) in [6.07, 6.45) is 1.47. The number of hydrogen-bond donors (Lipinski definition) is 0. The fourth-order valence-corrected chi connectivity index (χ4v) is 3.05. The summed E-state index contributed by atoms with van der Waals surface area (Å²) in [4.78, 5) is 14.2. The van der Waals surface area contributed by atoms with Crippen LogP contribution < -0.4 is 0 Å². The minimum absolute atomic E-state index is 0.0108. The summed E-state index contributed by atoms with van der Waals surface area (Å²) >= 11 is 0. The van der Waals surface area contributed by atoms with E-state index in [2.05, 4.69) is 0 Å². The lowest BCUT2D eigenvalue weighted by Crippen LogP contribution is -2.34. The number of methoxy groups -OCH3 is 2. The molecular formula is C18H27NO4. The summed E-state index contributed by atoms with van der Waals surface area (Å²) < 4.78 is 16.4. The molecule has 2 rings (SSSR count). The number of hydrogen-bond acceptors (Lipinski definition) is 4. The first-order chi connectivity index (χ1) is 11.2. The molecule has 23 heavy (non-hydrogen) atoms. The number of amides is 1. The van der Waals surface area contributed by atoms with Gasteiger partial charge in [-0.3, -0.25) is 4.79 Å². The van der Waals surface area contributed by atoms with Crippen LogP contribution in [0, 0.1) is 5.92 Å². The Balaban J connectivity index is 1.71. The van der Waals surface area contributed by atoms with Crippen molar-refractivity contribution in [2.75, 3.05) is 34.4 Å². The standard InChI is InChI=1S/C18H27NO4/c1-19(9-10-23-13-14-7-5-4-6-8-14)18(20)15-11-16(21-2)17(12-15)22-3/h4-8,15-17H,9-13H2,1-3H3/t16-,17-/m1/s1. The van der Waals surface area contributed by atoms with Crippen LogP contribution in [0.15, 0.2) is 30.3 Å². The third-order valence-electron chi connectivity index (χ3n) is 4.46. The molecule has 0 heterocycles. The van der Waals surface area contributed by atoms with E-state index in [0.29, 0.717) is 19.8 Å². The lowest BCUT2D eigenvalue weighted by atomic mass is 10.1. The zero-order valence-electron chi connectivity index (χ0n) is 14.2. The van der Waals surface area contributed by atoms with E-state index in [1.165, 1.54) is 0 Å². The second-order valence-electron chi connectivity index (χ2n) is 6.01. The molecule has 5 heteroatoms. The molecular weight excluding hydrogens is 294 g/mol. The zero-order chi connectivity index (χ0) is 16.7. The van der Waals surface area contributed by atoms with E-state index in [-0.39, 0.29) is 24.0 Å². The maximum Gasteiger partial charge on any atom is 0.225 e. The van der Waals surface area contributed by atoms with Gasteiger partial charge in [0, 0.05) is 33.7 Å². The molecule has 0 unspecified atom stereocenters. The van der Waals surface area contributed by atoms with Crippen LogP contribution in [0.5, 0.6) is 0 Å². The number of ether oxygens (including phenoxy) is 3. The SMILES string of the molecule is CO[C@@H]1CC(C(=O)N(C)CCOCc2ccccc2)C[C@H]1OC. The quantitative estimate of drug-likeness (QED) is 0.688. The van der Waals surface area contributed by atoms with Crippen molar-refractivity contribution in [1.82, 2.24) is 4.90 Å². The van der Waals surface area contributed by atoms with Gasteiger partial charge in [0.1, 0.15) is 0 Å². The molecule has 0 saturated heterocycles. The van der Waals surface area contributed by atoms with E-state index >= 15 is 0 Å². The Hall–Kier alpha value is -1.43. The molecule has 0 bridgehead atoms. The lowest BCUT2D eigenvalue weighted by Gasteiger charge is -2.21. The first-order valence-electron chi connectivity index (χ1n) is 8.08. The summed E-state index contributed by atoms with van der Waals surface area (Å²) in [5, 5.41) is 0. The Bertz CT molecular complexity index is 467. The number of rotatable bonds is 8. The average Bonchev–Trinajstić information content (AvgIpc) is 3.02. The van der Waals surface area contributed by atoms with Gasteiger partial charge in [-0.1, -0.05) is 30.3 Å². The molecule has 128 valence electrons. The normalized spacial score (nSPS) is 21.5. The second-order valence-corrected chi connectivity index (χ2v) is 6.01. The Morgan fingerprint density at radius 1 is 1.13 bits per heavy atom. The van der Waals surface area contributed by atoms with Crippen molar-refractivity contribution in [3.63, 3.8) is 0 Å². The van der Waals surface area contributed by atoms with Crippen molar-refractivity contribution >= 4 is 5.91 Å². The topological polar surface area (TPSA) is 48.0 Å². The Kier molecular flexibility index (Phi) is 7.02. The fraction of sp³-hybridized carbons (Fsp3) is 0.611. The van der Waals surface area contributed by atoms with Crippen LogP contribution in [0.25, 0.3) is 0 Å². The van der Waals surface area contributed by atoms with Crippen LogP contribution in [-0.2, 0) is 25.6 Å². The highest BCUT2D eigenvalue weighted by atomic mass is 16.5. The molecule has 1 aromatic carbocycles. The Morgan fingerprint density at radius 2 is 1.74 bits per heavy atom. The van der Waals surface area contributed by atoms with Crippen LogP contribution in [0.4, 0.5) is 0 Å². The molecule has 1 amide bonds. The van der Waals surface area contributed by atoms with Crippen LogP contribution in [0.3, 0.4) is 0 Å². The van der Waals surface area contributed by atoms with Gasteiger partial charge < -0.3 is 19.1 Å². The summed E-state index contributed by atoms with van der Waals surface area (Å²) in [7, 11) is 5.17. The van der Waals surface area contributed by atoms with Crippen LogP contribution in [-0.4, -0.2) is 57.4 Å². The maximum absolute atomic E-state index is 12.5. The third-order valence-corrected chi connectivity index (χ3v) is 4.46.